The third kappa shape index (κ3) is 2.79. The Morgan fingerprint density at radius 3 is 2.58 bits per heavy atom. The van der Waals surface area contributed by atoms with Crippen LogP contribution >= 0.6 is 0 Å². The fraction of sp³-hybridized carbons (Fsp3) is 0.933. The fourth-order valence-corrected chi connectivity index (χ4v) is 3.92. The van der Waals surface area contributed by atoms with Gasteiger partial charge < -0.3 is 10.2 Å². The molecule has 19 heavy (non-hydrogen) atoms. The normalized spacial score (nSPS) is 36.9. The lowest BCUT2D eigenvalue weighted by Gasteiger charge is -2.39. The van der Waals surface area contributed by atoms with Crippen molar-refractivity contribution in [2.24, 2.45) is 5.92 Å². The number of nitrogens with zero attached hydrogens (tertiary/aromatic N) is 2. The molecule has 3 unspecified atom stereocenters. The molecule has 3 saturated heterocycles. The van der Waals surface area contributed by atoms with E-state index in [4.69, 9.17) is 0 Å². The zero-order valence-electron chi connectivity index (χ0n) is 12.1. The Morgan fingerprint density at radius 2 is 1.89 bits per heavy atom. The Morgan fingerprint density at radius 1 is 1.11 bits per heavy atom. The van der Waals surface area contributed by atoms with Crippen LogP contribution in [0.4, 0.5) is 0 Å². The van der Waals surface area contributed by atoms with E-state index in [0.29, 0.717) is 17.9 Å². The van der Waals surface area contributed by atoms with Gasteiger partial charge in [0.05, 0.1) is 6.04 Å². The van der Waals surface area contributed by atoms with Gasteiger partial charge in [-0.1, -0.05) is 6.92 Å². The van der Waals surface area contributed by atoms with E-state index in [1.54, 1.807) is 0 Å². The molecular weight excluding hydrogens is 238 g/mol. The van der Waals surface area contributed by atoms with Gasteiger partial charge in [-0.2, -0.15) is 0 Å². The van der Waals surface area contributed by atoms with Gasteiger partial charge >= 0.3 is 0 Å². The van der Waals surface area contributed by atoms with Gasteiger partial charge in [0.2, 0.25) is 5.91 Å². The largest absolute Gasteiger partial charge is 0.340 e. The third-order valence-electron chi connectivity index (χ3n) is 5.16. The summed E-state index contributed by atoms with van der Waals surface area (Å²) in [4.78, 5) is 17.3. The van der Waals surface area contributed by atoms with Gasteiger partial charge in [0.25, 0.3) is 0 Å². The molecule has 0 aromatic rings. The Kier molecular flexibility index (Phi) is 4.08. The van der Waals surface area contributed by atoms with Crippen molar-refractivity contribution in [3.63, 3.8) is 0 Å². The van der Waals surface area contributed by atoms with E-state index in [0.717, 1.165) is 26.1 Å². The molecule has 4 nitrogen and oxygen atoms in total. The van der Waals surface area contributed by atoms with E-state index in [9.17, 15) is 4.79 Å². The Hall–Kier alpha value is -0.610. The Bertz CT molecular complexity index is 327. The van der Waals surface area contributed by atoms with Crippen LogP contribution in [0, 0.1) is 5.92 Å². The third-order valence-corrected chi connectivity index (χ3v) is 5.16. The van der Waals surface area contributed by atoms with Crippen molar-refractivity contribution in [1.29, 1.82) is 0 Å². The highest BCUT2D eigenvalue weighted by Crippen LogP contribution is 2.23. The van der Waals surface area contributed by atoms with Gasteiger partial charge in [-0.15, -0.1) is 0 Å². The molecule has 108 valence electrons. The summed E-state index contributed by atoms with van der Waals surface area (Å²) < 4.78 is 0. The van der Waals surface area contributed by atoms with Crippen LogP contribution in [0.1, 0.15) is 39.0 Å². The summed E-state index contributed by atoms with van der Waals surface area (Å²) in [5.74, 6) is 0.855. The molecule has 1 amide bonds. The second kappa shape index (κ2) is 5.80. The number of likely N-dealkylation sites (tertiary alicyclic amines) is 2. The molecule has 0 saturated carbocycles. The number of hydrogen-bond donors (Lipinski definition) is 1. The fourth-order valence-electron chi connectivity index (χ4n) is 3.92. The second-order valence-corrected chi connectivity index (χ2v) is 6.52. The summed E-state index contributed by atoms with van der Waals surface area (Å²) in [5.41, 5.74) is 0. The number of nitrogens with one attached hydrogen (secondary N) is 1. The van der Waals surface area contributed by atoms with E-state index in [2.05, 4.69) is 22.0 Å². The molecule has 0 radical (unpaired) electrons. The summed E-state index contributed by atoms with van der Waals surface area (Å²) >= 11 is 0. The van der Waals surface area contributed by atoms with Crippen LogP contribution in [0.25, 0.3) is 0 Å². The average Bonchev–Trinajstić information content (AvgIpc) is 3.09. The molecule has 3 aliphatic heterocycles. The van der Waals surface area contributed by atoms with Crippen LogP contribution in [0.15, 0.2) is 0 Å². The van der Waals surface area contributed by atoms with Crippen LogP contribution in [0.5, 0.6) is 0 Å². The van der Waals surface area contributed by atoms with E-state index >= 15 is 0 Å². The van der Waals surface area contributed by atoms with Gasteiger partial charge in [-0.3, -0.25) is 9.69 Å². The zero-order chi connectivity index (χ0) is 13.2. The molecule has 0 aromatic carbocycles. The topological polar surface area (TPSA) is 35.6 Å². The molecule has 3 fully saturated rings. The van der Waals surface area contributed by atoms with Gasteiger partial charge in [-0.05, 0) is 57.7 Å². The average molecular weight is 265 g/mol. The lowest BCUT2D eigenvalue weighted by molar-refractivity contribution is -0.136. The minimum atomic E-state index is 0.0809. The molecule has 0 spiro atoms. The highest BCUT2D eigenvalue weighted by Gasteiger charge is 2.35. The molecule has 1 N–H and O–H groups in total. The molecule has 3 heterocycles. The summed E-state index contributed by atoms with van der Waals surface area (Å²) in [5, 5.41) is 3.38. The number of rotatable bonds is 2. The maximum absolute atomic E-state index is 12.6. The molecule has 3 aliphatic rings. The quantitative estimate of drug-likeness (QED) is 0.811. The number of piperidine rings is 1. The molecule has 4 heteroatoms. The predicted molar refractivity (Wildman–Crippen MR) is 76.0 cm³/mol. The second-order valence-electron chi connectivity index (χ2n) is 6.52. The van der Waals surface area contributed by atoms with Crippen LogP contribution in [-0.2, 0) is 4.79 Å². The highest BCUT2D eigenvalue weighted by atomic mass is 16.2. The lowest BCUT2D eigenvalue weighted by atomic mass is 9.99. The minimum absolute atomic E-state index is 0.0809. The molecular formula is C15H27N3O. The SMILES string of the molecule is CC1CCNC1C(=O)N1CCCC(N2CCCC2)C1. The van der Waals surface area contributed by atoms with Gasteiger partial charge in [0, 0.05) is 19.1 Å². The van der Waals surface area contributed by atoms with Crippen LogP contribution in [0.2, 0.25) is 0 Å². The Balaban J connectivity index is 1.59. The number of carbonyl (C=O) groups is 1. The maximum Gasteiger partial charge on any atom is 0.240 e. The predicted octanol–water partition coefficient (Wildman–Crippen LogP) is 1.07. The molecule has 0 aliphatic carbocycles. The summed E-state index contributed by atoms with van der Waals surface area (Å²) in [7, 11) is 0. The van der Waals surface area contributed by atoms with E-state index in [1.165, 1.54) is 38.8 Å². The molecule has 3 rings (SSSR count). The first-order valence-corrected chi connectivity index (χ1v) is 8.02. The first-order valence-electron chi connectivity index (χ1n) is 8.02. The van der Waals surface area contributed by atoms with Crippen LogP contribution in [0.3, 0.4) is 0 Å². The van der Waals surface area contributed by atoms with Crippen molar-refractivity contribution in [3.05, 3.63) is 0 Å². The zero-order valence-corrected chi connectivity index (χ0v) is 12.1. The highest BCUT2D eigenvalue weighted by molar-refractivity contribution is 5.82. The Labute approximate surface area is 116 Å². The van der Waals surface area contributed by atoms with Gasteiger partial charge in [0.15, 0.2) is 0 Å². The van der Waals surface area contributed by atoms with Crippen molar-refractivity contribution < 1.29 is 4.79 Å². The maximum atomic E-state index is 12.6. The van der Waals surface area contributed by atoms with Gasteiger partial charge in [-0.25, -0.2) is 0 Å². The molecule has 0 bridgehead atoms. The molecule has 3 atom stereocenters. The smallest absolute Gasteiger partial charge is 0.240 e. The van der Waals surface area contributed by atoms with Crippen molar-refractivity contribution in [2.75, 3.05) is 32.7 Å². The summed E-state index contributed by atoms with van der Waals surface area (Å²) in [6, 6.07) is 0.703. The molecule has 0 aromatic heterocycles. The number of hydrogen-bond acceptors (Lipinski definition) is 3. The standard InChI is InChI=1S/C15H27N3O/c1-12-6-7-16-14(12)15(19)18-10-4-5-13(11-18)17-8-2-3-9-17/h12-14,16H,2-11H2,1H3. The first kappa shape index (κ1) is 13.4. The monoisotopic (exact) mass is 265 g/mol. The van der Waals surface area contributed by atoms with E-state index < -0.39 is 0 Å². The van der Waals surface area contributed by atoms with Crippen molar-refractivity contribution in [1.82, 2.24) is 15.1 Å². The van der Waals surface area contributed by atoms with Crippen LogP contribution < -0.4 is 5.32 Å². The minimum Gasteiger partial charge on any atom is -0.340 e. The van der Waals surface area contributed by atoms with Crippen molar-refractivity contribution in [2.45, 2.75) is 51.1 Å². The van der Waals surface area contributed by atoms with Crippen molar-refractivity contribution >= 4 is 5.91 Å². The lowest BCUT2D eigenvalue weighted by Crippen LogP contribution is -2.53. The summed E-state index contributed by atoms with van der Waals surface area (Å²) in [6.07, 6.45) is 6.27. The number of carbonyl (C=O) groups excluding carboxylic acids is 1. The first-order chi connectivity index (χ1) is 9.25. The van der Waals surface area contributed by atoms with Gasteiger partial charge in [0.1, 0.15) is 0 Å². The number of amides is 1. The summed E-state index contributed by atoms with van der Waals surface area (Å²) in [6.45, 7) is 7.61. The van der Waals surface area contributed by atoms with Crippen LogP contribution in [-0.4, -0.2) is 60.5 Å². The van der Waals surface area contributed by atoms with E-state index in [-0.39, 0.29) is 6.04 Å². The van der Waals surface area contributed by atoms with Crippen molar-refractivity contribution in [3.8, 4) is 0 Å². The van der Waals surface area contributed by atoms with E-state index in [1.807, 2.05) is 0 Å².